The molecule has 0 unspecified atom stereocenters. The fourth-order valence-corrected chi connectivity index (χ4v) is 1.21. The molecule has 0 radical (unpaired) electrons. The van der Waals surface area contributed by atoms with Crippen LogP contribution in [-0.4, -0.2) is 50.1 Å². The SMILES string of the molecule is CCCOS(=O)(=O)NC=S.[NaH]. The van der Waals surface area contributed by atoms with Gasteiger partial charge in [-0.15, -0.1) is 0 Å². The average molecular weight is 207 g/mol. The van der Waals surface area contributed by atoms with E-state index in [1.165, 1.54) is 0 Å². The van der Waals surface area contributed by atoms with Gasteiger partial charge in [-0.05, 0) is 6.42 Å². The van der Waals surface area contributed by atoms with E-state index < -0.39 is 10.3 Å². The van der Waals surface area contributed by atoms with E-state index in [-0.39, 0.29) is 36.2 Å². The van der Waals surface area contributed by atoms with E-state index in [0.29, 0.717) is 6.42 Å². The minimum atomic E-state index is -3.60. The molecule has 0 aromatic carbocycles. The molecule has 0 heterocycles. The van der Waals surface area contributed by atoms with Crippen LogP contribution >= 0.6 is 12.2 Å². The van der Waals surface area contributed by atoms with Gasteiger partial charge in [0.2, 0.25) is 0 Å². The third kappa shape index (κ3) is 8.71. The van der Waals surface area contributed by atoms with Gasteiger partial charge in [-0.1, -0.05) is 19.1 Å². The molecule has 11 heavy (non-hydrogen) atoms. The van der Waals surface area contributed by atoms with Gasteiger partial charge in [-0.2, -0.15) is 8.42 Å². The van der Waals surface area contributed by atoms with Crippen molar-refractivity contribution < 1.29 is 12.6 Å². The van der Waals surface area contributed by atoms with Crippen LogP contribution in [-0.2, 0) is 14.5 Å². The summed E-state index contributed by atoms with van der Waals surface area (Å²) in [6.45, 7) is 1.99. The Bertz CT molecular complexity index is 192. The van der Waals surface area contributed by atoms with Gasteiger partial charge in [0, 0.05) is 0 Å². The summed E-state index contributed by atoms with van der Waals surface area (Å²) in [6, 6.07) is 0. The van der Waals surface area contributed by atoms with Gasteiger partial charge in [0.15, 0.2) is 0 Å². The minimum absolute atomic E-state index is 0. The molecule has 0 amide bonds. The Morgan fingerprint density at radius 3 is 2.55 bits per heavy atom. The summed E-state index contributed by atoms with van der Waals surface area (Å²) in [4.78, 5) is 0. The molecular formula is C4H10NNaO3S2. The Morgan fingerprint density at radius 2 is 2.18 bits per heavy atom. The second-order valence-corrected chi connectivity index (χ2v) is 3.13. The Kier molecular flexibility index (Phi) is 9.71. The molecule has 7 heteroatoms. The fourth-order valence-electron chi connectivity index (χ4n) is 0.286. The Morgan fingerprint density at radius 1 is 1.64 bits per heavy atom. The van der Waals surface area contributed by atoms with Gasteiger partial charge in [-0.25, -0.2) is 0 Å². The van der Waals surface area contributed by atoms with Gasteiger partial charge in [0.1, 0.15) is 0 Å². The molecule has 0 aliphatic heterocycles. The predicted molar refractivity (Wildman–Crippen MR) is 49.1 cm³/mol. The first-order chi connectivity index (χ1) is 4.62. The molecule has 0 fully saturated rings. The molecule has 4 nitrogen and oxygen atoms in total. The van der Waals surface area contributed by atoms with Gasteiger partial charge >= 0.3 is 39.9 Å². The van der Waals surface area contributed by atoms with Crippen molar-refractivity contribution in [2.24, 2.45) is 0 Å². The average Bonchev–Trinajstić information content (AvgIpc) is 1.84. The topological polar surface area (TPSA) is 55.4 Å². The van der Waals surface area contributed by atoms with Crippen LogP contribution in [0.3, 0.4) is 0 Å². The van der Waals surface area contributed by atoms with Crippen LogP contribution in [0.2, 0.25) is 0 Å². The van der Waals surface area contributed by atoms with Crippen LogP contribution in [0.25, 0.3) is 0 Å². The zero-order valence-corrected chi connectivity index (χ0v) is 7.17. The molecule has 1 N–H and O–H groups in total. The Labute approximate surface area is 94.2 Å². The molecule has 0 aliphatic carbocycles. The number of thiocarbonyl (C=S) groups is 1. The zero-order valence-electron chi connectivity index (χ0n) is 5.53. The van der Waals surface area contributed by atoms with E-state index in [1.807, 2.05) is 11.6 Å². The summed E-state index contributed by atoms with van der Waals surface area (Å²) in [5.41, 5.74) is 0.894. The van der Waals surface area contributed by atoms with Crippen molar-refractivity contribution in [1.29, 1.82) is 0 Å². The monoisotopic (exact) mass is 207 g/mol. The second-order valence-electron chi connectivity index (χ2n) is 1.51. The molecule has 0 saturated carbocycles. The quantitative estimate of drug-likeness (QED) is 0.490. The van der Waals surface area contributed by atoms with Crippen LogP contribution in [0.15, 0.2) is 0 Å². The van der Waals surface area contributed by atoms with E-state index in [2.05, 4.69) is 16.4 Å². The molecule has 0 atom stereocenters. The summed E-state index contributed by atoms with van der Waals surface area (Å²) < 4.78 is 27.4. The van der Waals surface area contributed by atoms with Gasteiger partial charge in [-0.3, -0.25) is 8.91 Å². The molecule has 62 valence electrons. The molecule has 0 rings (SSSR count). The summed E-state index contributed by atoms with van der Waals surface area (Å²) >= 11 is 4.26. The third-order valence-electron chi connectivity index (χ3n) is 0.635. The van der Waals surface area contributed by atoms with Crippen LogP contribution in [0.5, 0.6) is 0 Å². The van der Waals surface area contributed by atoms with E-state index in [1.54, 1.807) is 0 Å². The van der Waals surface area contributed by atoms with Crippen LogP contribution < -0.4 is 4.72 Å². The van der Waals surface area contributed by atoms with Crippen LogP contribution in [0.4, 0.5) is 0 Å². The standard InChI is InChI=1S/C4H9NO3S2.Na.H/c1-2-3-8-10(6,7)5-4-9;;/h4H,2-3H2,1H3,(H,5,9);;. The summed E-state index contributed by atoms with van der Waals surface area (Å²) in [7, 11) is -3.60. The first kappa shape index (κ1) is 14.3. The van der Waals surface area contributed by atoms with Crippen molar-refractivity contribution in [2.45, 2.75) is 13.3 Å². The van der Waals surface area contributed by atoms with Crippen molar-refractivity contribution >= 4 is 57.6 Å². The van der Waals surface area contributed by atoms with Crippen LogP contribution in [0, 0.1) is 0 Å². The molecular weight excluding hydrogens is 197 g/mol. The number of rotatable bonds is 5. The fraction of sp³-hybridized carbons (Fsp3) is 0.750. The normalized spacial score (nSPS) is 9.91. The molecule has 0 aliphatic rings. The van der Waals surface area contributed by atoms with Gasteiger partial charge < -0.3 is 0 Å². The molecule has 0 bridgehead atoms. The predicted octanol–water partition coefficient (Wildman–Crippen LogP) is -0.444. The molecule has 0 aromatic rings. The van der Waals surface area contributed by atoms with Crippen molar-refractivity contribution in [3.8, 4) is 0 Å². The van der Waals surface area contributed by atoms with Gasteiger partial charge in [0.05, 0.1) is 12.1 Å². The van der Waals surface area contributed by atoms with E-state index >= 15 is 0 Å². The van der Waals surface area contributed by atoms with E-state index in [4.69, 9.17) is 0 Å². The Hall–Kier alpha value is 0.800. The van der Waals surface area contributed by atoms with Crippen molar-refractivity contribution in [3.63, 3.8) is 0 Å². The van der Waals surface area contributed by atoms with Gasteiger partial charge in [0.25, 0.3) is 0 Å². The summed E-state index contributed by atoms with van der Waals surface area (Å²) in [5, 5.41) is 0. The van der Waals surface area contributed by atoms with E-state index in [0.717, 1.165) is 5.49 Å². The first-order valence-corrected chi connectivity index (χ1v) is 4.60. The molecule has 0 aromatic heterocycles. The Balaban J connectivity index is 0. The number of hydrogen-bond acceptors (Lipinski definition) is 4. The van der Waals surface area contributed by atoms with Crippen molar-refractivity contribution in [3.05, 3.63) is 0 Å². The van der Waals surface area contributed by atoms with E-state index in [9.17, 15) is 8.42 Å². The maximum atomic E-state index is 10.6. The third-order valence-corrected chi connectivity index (χ3v) is 1.79. The summed E-state index contributed by atoms with van der Waals surface area (Å²) in [5.74, 6) is 0. The maximum absolute atomic E-state index is 10.6. The second kappa shape index (κ2) is 7.45. The number of nitrogens with one attached hydrogen (secondary N) is 1. The summed E-state index contributed by atoms with van der Waals surface area (Å²) in [6.07, 6.45) is 0.651. The first-order valence-electron chi connectivity index (χ1n) is 2.72. The van der Waals surface area contributed by atoms with Crippen LogP contribution in [0.1, 0.15) is 13.3 Å². The van der Waals surface area contributed by atoms with Crippen molar-refractivity contribution in [2.75, 3.05) is 6.61 Å². The van der Waals surface area contributed by atoms with Crippen molar-refractivity contribution in [1.82, 2.24) is 4.72 Å². The molecule has 0 saturated heterocycles. The number of hydrogen-bond donors (Lipinski definition) is 1. The molecule has 0 spiro atoms. The zero-order chi connectivity index (χ0) is 8.04.